The number of benzene rings is 2. The third kappa shape index (κ3) is 8.34. The van der Waals surface area contributed by atoms with Gasteiger partial charge < -0.3 is 14.8 Å². The van der Waals surface area contributed by atoms with Crippen molar-refractivity contribution in [2.24, 2.45) is 5.92 Å². The average molecular weight is 567 g/mol. The van der Waals surface area contributed by atoms with Crippen molar-refractivity contribution in [3.05, 3.63) is 59.2 Å². The van der Waals surface area contributed by atoms with Gasteiger partial charge in [-0.05, 0) is 97.9 Å². The molecule has 0 aromatic heterocycles. The fraction of sp³-hybridized carbons (Fsp3) is 0.576. The van der Waals surface area contributed by atoms with Gasteiger partial charge in [0.1, 0.15) is 6.04 Å². The molecule has 1 aliphatic heterocycles. The molecular formula is C33H46N2O4S. The molecule has 1 N–H and O–H groups in total. The number of hydrogen-bond donors (Lipinski definition) is 1. The van der Waals surface area contributed by atoms with Crippen LogP contribution >= 0.6 is 11.8 Å². The SMILES string of the molecule is COC(=O)C(CCSC)NC(=O)c1ccc(CN2CCCC2COCC2CCCCC2)cc1-c1ccccc1C. The second-order valence-electron chi connectivity index (χ2n) is 11.3. The van der Waals surface area contributed by atoms with E-state index in [0.717, 1.165) is 54.7 Å². The standard InChI is InChI=1S/C33H46N2O4S/c1-24-10-7-8-14-28(24)30-20-26(15-16-29(30)32(36)34-31(17-19-40-3)33(37)38-2)21-35-18-9-13-27(35)23-39-22-25-11-5-4-6-12-25/h7-8,10,14-16,20,25,27,31H,4-6,9,11-13,17-19,21-23H2,1-3H3,(H,34,36). The number of aryl methyl sites for hydroxylation is 1. The Morgan fingerprint density at radius 2 is 1.82 bits per heavy atom. The van der Waals surface area contributed by atoms with E-state index >= 15 is 0 Å². The van der Waals surface area contributed by atoms with Gasteiger partial charge in [-0.3, -0.25) is 9.69 Å². The zero-order chi connectivity index (χ0) is 28.3. The normalized spacial score (nSPS) is 18.9. The molecule has 1 aliphatic carbocycles. The van der Waals surface area contributed by atoms with Crippen molar-refractivity contribution in [3.8, 4) is 11.1 Å². The lowest BCUT2D eigenvalue weighted by Gasteiger charge is -2.27. The van der Waals surface area contributed by atoms with Crippen LogP contribution in [0.1, 0.15) is 72.9 Å². The second kappa shape index (κ2) is 15.6. The van der Waals surface area contributed by atoms with Crippen molar-refractivity contribution in [2.45, 2.75) is 76.9 Å². The Balaban J connectivity index is 1.50. The van der Waals surface area contributed by atoms with Crippen molar-refractivity contribution >= 4 is 23.6 Å². The van der Waals surface area contributed by atoms with Crippen LogP contribution in [0.2, 0.25) is 0 Å². The first-order valence-corrected chi connectivity index (χ1v) is 16.3. The highest BCUT2D eigenvalue weighted by atomic mass is 32.2. The molecule has 7 heteroatoms. The minimum Gasteiger partial charge on any atom is -0.467 e. The van der Waals surface area contributed by atoms with E-state index in [-0.39, 0.29) is 5.91 Å². The fourth-order valence-corrected chi connectivity index (χ4v) is 6.57. The van der Waals surface area contributed by atoms with E-state index < -0.39 is 12.0 Å². The quantitative estimate of drug-likeness (QED) is 0.289. The van der Waals surface area contributed by atoms with Crippen molar-refractivity contribution in [2.75, 3.05) is 38.9 Å². The number of esters is 1. The van der Waals surface area contributed by atoms with Gasteiger partial charge in [0.25, 0.3) is 5.91 Å². The number of nitrogens with zero attached hydrogens (tertiary/aromatic N) is 1. The van der Waals surface area contributed by atoms with Gasteiger partial charge in [0.15, 0.2) is 0 Å². The zero-order valence-corrected chi connectivity index (χ0v) is 25.3. The Morgan fingerprint density at radius 1 is 1.02 bits per heavy atom. The highest BCUT2D eigenvalue weighted by Crippen LogP contribution is 2.30. The number of hydrogen-bond acceptors (Lipinski definition) is 6. The van der Waals surface area contributed by atoms with Crippen LogP contribution in [0.15, 0.2) is 42.5 Å². The first-order valence-electron chi connectivity index (χ1n) is 14.9. The van der Waals surface area contributed by atoms with Crippen LogP contribution in [0.4, 0.5) is 0 Å². The molecule has 2 aliphatic rings. The molecule has 1 amide bonds. The van der Waals surface area contributed by atoms with E-state index in [4.69, 9.17) is 9.47 Å². The number of amides is 1. The van der Waals surface area contributed by atoms with E-state index in [2.05, 4.69) is 41.4 Å². The molecule has 2 aromatic carbocycles. The molecule has 1 saturated heterocycles. The predicted octanol–water partition coefficient (Wildman–Crippen LogP) is 6.25. The van der Waals surface area contributed by atoms with Gasteiger partial charge in [0.2, 0.25) is 0 Å². The van der Waals surface area contributed by atoms with Crippen molar-refractivity contribution < 1.29 is 19.1 Å². The highest BCUT2D eigenvalue weighted by Gasteiger charge is 2.27. The molecule has 1 heterocycles. The van der Waals surface area contributed by atoms with Crippen LogP contribution < -0.4 is 5.32 Å². The van der Waals surface area contributed by atoms with Crippen LogP contribution in [0.5, 0.6) is 0 Å². The third-order valence-electron chi connectivity index (χ3n) is 8.44. The summed E-state index contributed by atoms with van der Waals surface area (Å²) in [5.41, 5.74) is 4.79. The fourth-order valence-electron chi connectivity index (χ4n) is 6.10. The maximum Gasteiger partial charge on any atom is 0.328 e. The molecule has 0 spiro atoms. The Morgan fingerprint density at radius 3 is 2.58 bits per heavy atom. The average Bonchev–Trinajstić information content (AvgIpc) is 3.42. The van der Waals surface area contributed by atoms with Gasteiger partial charge in [-0.2, -0.15) is 11.8 Å². The largest absolute Gasteiger partial charge is 0.467 e. The summed E-state index contributed by atoms with van der Waals surface area (Å²) in [5.74, 6) is 0.822. The van der Waals surface area contributed by atoms with Gasteiger partial charge in [-0.1, -0.05) is 49.6 Å². The molecule has 2 atom stereocenters. The van der Waals surface area contributed by atoms with Crippen molar-refractivity contribution in [1.82, 2.24) is 10.2 Å². The van der Waals surface area contributed by atoms with E-state index in [1.165, 1.54) is 57.6 Å². The monoisotopic (exact) mass is 566 g/mol. The summed E-state index contributed by atoms with van der Waals surface area (Å²) in [5, 5.41) is 2.94. The summed E-state index contributed by atoms with van der Waals surface area (Å²) >= 11 is 1.64. The summed E-state index contributed by atoms with van der Waals surface area (Å²) in [6.45, 7) is 5.66. The lowest BCUT2D eigenvalue weighted by molar-refractivity contribution is -0.142. The van der Waals surface area contributed by atoms with Crippen LogP contribution in [-0.4, -0.2) is 67.7 Å². The van der Waals surface area contributed by atoms with E-state index in [9.17, 15) is 9.59 Å². The number of carbonyl (C=O) groups excluding carboxylic acids is 2. The molecule has 2 unspecified atom stereocenters. The summed E-state index contributed by atoms with van der Waals surface area (Å²) in [6.07, 6.45) is 11.6. The smallest absolute Gasteiger partial charge is 0.328 e. The van der Waals surface area contributed by atoms with Crippen LogP contribution in [-0.2, 0) is 20.8 Å². The van der Waals surface area contributed by atoms with Crippen LogP contribution in [0.3, 0.4) is 0 Å². The predicted molar refractivity (Wildman–Crippen MR) is 164 cm³/mol. The lowest BCUT2D eigenvalue weighted by atomic mass is 9.90. The molecule has 2 aromatic rings. The second-order valence-corrected chi connectivity index (χ2v) is 12.3. The number of ether oxygens (including phenoxy) is 2. The first-order chi connectivity index (χ1) is 19.5. The number of likely N-dealkylation sites (tertiary alicyclic amines) is 1. The van der Waals surface area contributed by atoms with Crippen LogP contribution in [0.25, 0.3) is 11.1 Å². The first kappa shape index (κ1) is 30.6. The van der Waals surface area contributed by atoms with E-state index in [0.29, 0.717) is 18.0 Å². The molecule has 218 valence electrons. The molecule has 4 rings (SSSR count). The Hall–Kier alpha value is -2.35. The molecule has 40 heavy (non-hydrogen) atoms. The van der Waals surface area contributed by atoms with E-state index in [1.54, 1.807) is 11.8 Å². The number of nitrogens with one attached hydrogen (secondary N) is 1. The summed E-state index contributed by atoms with van der Waals surface area (Å²) in [4.78, 5) is 28.5. The van der Waals surface area contributed by atoms with Gasteiger partial charge >= 0.3 is 5.97 Å². The Labute approximate surface area is 244 Å². The molecule has 2 fully saturated rings. The van der Waals surface area contributed by atoms with Crippen molar-refractivity contribution in [3.63, 3.8) is 0 Å². The minimum absolute atomic E-state index is 0.253. The number of rotatable bonds is 13. The Bertz CT molecular complexity index is 1120. The molecule has 6 nitrogen and oxygen atoms in total. The molecule has 1 saturated carbocycles. The van der Waals surface area contributed by atoms with Gasteiger partial charge in [0.05, 0.1) is 13.7 Å². The third-order valence-corrected chi connectivity index (χ3v) is 9.08. The van der Waals surface area contributed by atoms with Gasteiger partial charge in [0, 0.05) is 24.8 Å². The zero-order valence-electron chi connectivity index (χ0n) is 24.5. The van der Waals surface area contributed by atoms with Crippen LogP contribution in [0, 0.1) is 12.8 Å². The van der Waals surface area contributed by atoms with Gasteiger partial charge in [-0.15, -0.1) is 0 Å². The van der Waals surface area contributed by atoms with E-state index in [1.807, 2.05) is 24.5 Å². The summed E-state index contributed by atoms with van der Waals surface area (Å²) < 4.78 is 11.2. The highest BCUT2D eigenvalue weighted by molar-refractivity contribution is 7.98. The number of carbonyl (C=O) groups is 2. The minimum atomic E-state index is -0.673. The molecule has 0 radical (unpaired) electrons. The molecule has 0 bridgehead atoms. The maximum atomic E-state index is 13.5. The van der Waals surface area contributed by atoms with Crippen molar-refractivity contribution in [1.29, 1.82) is 0 Å². The topological polar surface area (TPSA) is 67.9 Å². The summed E-state index contributed by atoms with van der Waals surface area (Å²) in [7, 11) is 1.36. The lowest BCUT2D eigenvalue weighted by Crippen LogP contribution is -2.42. The number of methoxy groups -OCH3 is 1. The van der Waals surface area contributed by atoms with Gasteiger partial charge in [-0.25, -0.2) is 4.79 Å². The molecular weight excluding hydrogens is 520 g/mol. The summed E-state index contributed by atoms with van der Waals surface area (Å²) in [6, 6.07) is 14.1. The Kier molecular flexibility index (Phi) is 11.9. The number of thioether (sulfide) groups is 1. The maximum absolute atomic E-state index is 13.5.